The third-order valence-corrected chi connectivity index (χ3v) is 6.30. The van der Waals surface area contributed by atoms with Gasteiger partial charge in [0, 0.05) is 49.7 Å². The Morgan fingerprint density at radius 2 is 2.22 bits per heavy atom. The molecule has 4 rings (SSSR count). The molecule has 0 amide bonds. The molecule has 3 aromatic rings. The summed E-state index contributed by atoms with van der Waals surface area (Å²) in [7, 11) is 0. The normalized spacial score (nSPS) is 18.1. The Bertz CT molecular complexity index is 873. The van der Waals surface area contributed by atoms with Crippen molar-refractivity contribution in [1.29, 1.82) is 0 Å². The van der Waals surface area contributed by atoms with Crippen LogP contribution in [0.1, 0.15) is 18.9 Å². The van der Waals surface area contributed by atoms with Crippen molar-refractivity contribution in [3.63, 3.8) is 0 Å². The molecule has 0 radical (unpaired) electrons. The monoisotopic (exact) mass is 381 g/mol. The fourth-order valence-electron chi connectivity index (χ4n) is 3.57. The molecule has 3 heterocycles. The number of hydrogen-bond acceptors (Lipinski definition) is 6. The number of aromatic nitrogens is 2. The average molecular weight is 382 g/mol. The second-order valence-corrected chi connectivity index (χ2v) is 8.33. The van der Waals surface area contributed by atoms with Gasteiger partial charge in [0.1, 0.15) is 0 Å². The molecule has 1 aromatic carbocycles. The summed E-state index contributed by atoms with van der Waals surface area (Å²) in [5.41, 5.74) is 2.14. The molecule has 1 aliphatic rings. The lowest BCUT2D eigenvalue weighted by molar-refractivity contribution is 0.173. The van der Waals surface area contributed by atoms with E-state index in [9.17, 15) is 0 Å². The molecule has 27 heavy (non-hydrogen) atoms. The molecule has 2 aromatic heterocycles. The van der Waals surface area contributed by atoms with Gasteiger partial charge in [0.15, 0.2) is 0 Å². The summed E-state index contributed by atoms with van der Waals surface area (Å²) in [5, 5.41) is 8.12. The van der Waals surface area contributed by atoms with Crippen LogP contribution in [-0.4, -0.2) is 53.6 Å². The van der Waals surface area contributed by atoms with Crippen LogP contribution in [0.4, 0.5) is 5.95 Å². The molecular weight excluding hydrogens is 354 g/mol. The SMILES string of the molecule is Cc1cnc(NCCCN2CCNC[C@@H]2C)nc1-c1cc2ccccc2s1. The van der Waals surface area contributed by atoms with Crippen LogP contribution in [0.15, 0.2) is 36.5 Å². The van der Waals surface area contributed by atoms with Gasteiger partial charge in [-0.3, -0.25) is 4.90 Å². The third-order valence-electron chi connectivity index (χ3n) is 5.17. The van der Waals surface area contributed by atoms with Gasteiger partial charge in [-0.05, 0) is 43.4 Å². The number of hydrogen-bond donors (Lipinski definition) is 2. The minimum atomic E-state index is 0.619. The zero-order chi connectivity index (χ0) is 18.6. The Morgan fingerprint density at radius 3 is 3.07 bits per heavy atom. The number of thiophene rings is 1. The molecule has 1 fully saturated rings. The second-order valence-electron chi connectivity index (χ2n) is 7.24. The highest BCUT2D eigenvalue weighted by Gasteiger charge is 2.16. The van der Waals surface area contributed by atoms with Crippen molar-refractivity contribution in [2.75, 3.05) is 38.0 Å². The lowest BCUT2D eigenvalue weighted by atomic mass is 10.2. The van der Waals surface area contributed by atoms with Crippen molar-refractivity contribution in [3.8, 4) is 10.6 Å². The van der Waals surface area contributed by atoms with Crippen LogP contribution in [0.2, 0.25) is 0 Å². The van der Waals surface area contributed by atoms with Crippen LogP contribution in [0.25, 0.3) is 20.7 Å². The van der Waals surface area contributed by atoms with E-state index < -0.39 is 0 Å². The van der Waals surface area contributed by atoms with Gasteiger partial charge in [-0.2, -0.15) is 0 Å². The molecular formula is C21H27N5S. The van der Waals surface area contributed by atoms with Gasteiger partial charge in [0.25, 0.3) is 0 Å². The minimum absolute atomic E-state index is 0.619. The third kappa shape index (κ3) is 4.29. The summed E-state index contributed by atoms with van der Waals surface area (Å²) in [6, 6.07) is 11.3. The zero-order valence-electron chi connectivity index (χ0n) is 16.0. The molecule has 2 N–H and O–H groups in total. The molecule has 0 bridgehead atoms. The molecule has 0 spiro atoms. The van der Waals surface area contributed by atoms with Crippen molar-refractivity contribution in [2.24, 2.45) is 0 Å². The van der Waals surface area contributed by atoms with E-state index in [1.54, 1.807) is 11.3 Å². The van der Waals surface area contributed by atoms with E-state index in [4.69, 9.17) is 4.98 Å². The Hall–Kier alpha value is -2.02. The first-order valence-electron chi connectivity index (χ1n) is 9.72. The predicted octanol–water partition coefficient (Wildman–Crippen LogP) is 3.76. The maximum Gasteiger partial charge on any atom is 0.223 e. The first-order chi connectivity index (χ1) is 13.2. The highest BCUT2D eigenvalue weighted by atomic mass is 32.1. The maximum atomic E-state index is 4.80. The van der Waals surface area contributed by atoms with Crippen LogP contribution < -0.4 is 10.6 Å². The molecule has 0 saturated carbocycles. The Balaban J connectivity index is 1.40. The number of piperazine rings is 1. The number of nitrogens with one attached hydrogen (secondary N) is 2. The number of aryl methyl sites for hydroxylation is 1. The lowest BCUT2D eigenvalue weighted by Gasteiger charge is -2.33. The average Bonchev–Trinajstić information content (AvgIpc) is 3.11. The fourth-order valence-corrected chi connectivity index (χ4v) is 4.69. The van der Waals surface area contributed by atoms with E-state index >= 15 is 0 Å². The molecule has 5 nitrogen and oxygen atoms in total. The van der Waals surface area contributed by atoms with Crippen LogP contribution >= 0.6 is 11.3 Å². The van der Waals surface area contributed by atoms with Gasteiger partial charge in [-0.15, -0.1) is 11.3 Å². The number of anilines is 1. The van der Waals surface area contributed by atoms with Gasteiger partial charge in [-0.1, -0.05) is 18.2 Å². The van der Waals surface area contributed by atoms with Crippen LogP contribution in [0, 0.1) is 6.92 Å². The summed E-state index contributed by atoms with van der Waals surface area (Å²) in [6.07, 6.45) is 3.02. The Kier molecular flexibility index (Phi) is 5.66. The second kappa shape index (κ2) is 8.33. The molecule has 0 unspecified atom stereocenters. The van der Waals surface area contributed by atoms with Gasteiger partial charge in [-0.25, -0.2) is 9.97 Å². The minimum Gasteiger partial charge on any atom is -0.354 e. The summed E-state index contributed by atoms with van der Waals surface area (Å²) in [5.74, 6) is 0.724. The highest BCUT2D eigenvalue weighted by Crippen LogP contribution is 2.34. The highest BCUT2D eigenvalue weighted by molar-refractivity contribution is 7.22. The van der Waals surface area contributed by atoms with Crippen molar-refractivity contribution < 1.29 is 0 Å². The van der Waals surface area contributed by atoms with Crippen LogP contribution in [0.3, 0.4) is 0 Å². The van der Waals surface area contributed by atoms with Gasteiger partial charge in [0.2, 0.25) is 5.95 Å². The maximum absolute atomic E-state index is 4.80. The Labute approximate surface area is 164 Å². The number of rotatable bonds is 6. The molecule has 1 atom stereocenters. The largest absolute Gasteiger partial charge is 0.354 e. The molecule has 1 saturated heterocycles. The molecule has 0 aliphatic carbocycles. The smallest absolute Gasteiger partial charge is 0.223 e. The van der Waals surface area contributed by atoms with Crippen LogP contribution in [-0.2, 0) is 0 Å². The number of fused-ring (bicyclic) bond motifs is 1. The van der Waals surface area contributed by atoms with Gasteiger partial charge >= 0.3 is 0 Å². The van der Waals surface area contributed by atoms with Gasteiger partial charge in [0.05, 0.1) is 10.6 Å². The Morgan fingerprint density at radius 1 is 1.33 bits per heavy atom. The van der Waals surface area contributed by atoms with E-state index in [-0.39, 0.29) is 0 Å². The predicted molar refractivity (Wildman–Crippen MR) is 115 cm³/mol. The van der Waals surface area contributed by atoms with E-state index in [0.717, 1.165) is 56.4 Å². The van der Waals surface area contributed by atoms with Crippen molar-refractivity contribution in [2.45, 2.75) is 26.3 Å². The van der Waals surface area contributed by atoms with E-state index in [0.29, 0.717) is 6.04 Å². The molecule has 6 heteroatoms. The van der Waals surface area contributed by atoms with Crippen molar-refractivity contribution in [1.82, 2.24) is 20.2 Å². The first kappa shape index (κ1) is 18.3. The first-order valence-corrected chi connectivity index (χ1v) is 10.5. The fraction of sp³-hybridized carbons (Fsp3) is 0.429. The zero-order valence-corrected chi connectivity index (χ0v) is 16.9. The topological polar surface area (TPSA) is 53.1 Å². The lowest BCUT2D eigenvalue weighted by Crippen LogP contribution is -2.50. The number of benzene rings is 1. The molecule has 142 valence electrons. The van der Waals surface area contributed by atoms with Crippen LogP contribution in [0.5, 0.6) is 0 Å². The summed E-state index contributed by atoms with van der Waals surface area (Å²) < 4.78 is 1.30. The van der Waals surface area contributed by atoms with E-state index in [1.807, 2.05) is 6.20 Å². The standard InChI is InChI=1S/C21H27N5S/c1-15-13-24-21(23-8-5-10-26-11-9-22-14-16(26)2)25-20(15)19-12-17-6-3-4-7-18(17)27-19/h3-4,6-7,12-13,16,22H,5,8-11,14H2,1-2H3,(H,23,24,25)/t16-/m0/s1. The molecule has 1 aliphatic heterocycles. The number of nitrogens with zero attached hydrogens (tertiary/aromatic N) is 3. The summed E-state index contributed by atoms with van der Waals surface area (Å²) in [4.78, 5) is 13.0. The van der Waals surface area contributed by atoms with Crippen molar-refractivity contribution >= 4 is 27.4 Å². The van der Waals surface area contributed by atoms with Crippen molar-refractivity contribution in [3.05, 3.63) is 42.1 Å². The quantitative estimate of drug-likeness (QED) is 0.637. The van der Waals surface area contributed by atoms with E-state index in [1.165, 1.54) is 15.0 Å². The summed E-state index contributed by atoms with van der Waals surface area (Å²) >= 11 is 1.79. The summed E-state index contributed by atoms with van der Waals surface area (Å²) in [6.45, 7) is 9.70. The van der Waals surface area contributed by atoms with Gasteiger partial charge < -0.3 is 10.6 Å². The van der Waals surface area contributed by atoms with E-state index in [2.05, 4.69) is 64.7 Å².